The monoisotopic (exact) mass is 540 g/mol. The van der Waals surface area contributed by atoms with Gasteiger partial charge in [-0.15, -0.1) is 0 Å². The number of halogens is 3. The fourth-order valence-corrected chi connectivity index (χ4v) is 5.01. The van der Waals surface area contributed by atoms with E-state index in [1.165, 1.54) is 24.3 Å². The number of carbonyl (C=O) groups is 1. The molecule has 5 aromatic rings. The van der Waals surface area contributed by atoms with Gasteiger partial charge in [0.25, 0.3) is 0 Å². The average molecular weight is 541 g/mol. The summed E-state index contributed by atoms with van der Waals surface area (Å²) in [5.74, 6) is -0.550. The van der Waals surface area contributed by atoms with Crippen LogP contribution in [0.1, 0.15) is 21.7 Å². The van der Waals surface area contributed by atoms with Crippen LogP contribution in [0.25, 0.3) is 27.8 Å². The first-order valence-electron chi connectivity index (χ1n) is 11.2. The smallest absolute Gasteiger partial charge is 0.380 e. The van der Waals surface area contributed by atoms with E-state index in [1.54, 1.807) is 42.5 Å². The minimum Gasteiger partial charge on any atom is -0.380 e. The third kappa shape index (κ3) is 4.77. The van der Waals surface area contributed by atoms with Gasteiger partial charge in [0, 0.05) is 24.3 Å². The molecule has 0 aliphatic heterocycles. The summed E-state index contributed by atoms with van der Waals surface area (Å²) in [4.78, 5) is 13.4. The number of nitrogens with zero attached hydrogens (tertiary/aromatic N) is 3. The molecule has 0 atom stereocenters. The highest BCUT2D eigenvalue weighted by molar-refractivity contribution is 7.90. The van der Waals surface area contributed by atoms with E-state index in [-0.39, 0.29) is 28.5 Å². The number of anilines is 1. The third-order valence-corrected chi connectivity index (χ3v) is 7.08. The van der Waals surface area contributed by atoms with Crippen molar-refractivity contribution in [1.82, 2.24) is 14.9 Å². The molecular weight excluding hydrogens is 521 g/mol. The number of sulfone groups is 1. The molecule has 38 heavy (non-hydrogen) atoms. The molecule has 0 amide bonds. The number of nitrogens with two attached hydrogens (primary N) is 1. The Morgan fingerprint density at radius 2 is 1.74 bits per heavy atom. The summed E-state index contributed by atoms with van der Waals surface area (Å²) in [5.41, 5.74) is 6.45. The number of fused-ring (bicyclic) bond motifs is 1. The summed E-state index contributed by atoms with van der Waals surface area (Å²) in [5, 5.41) is 7.64. The Labute approximate surface area is 214 Å². The van der Waals surface area contributed by atoms with Gasteiger partial charge in [-0.3, -0.25) is 4.79 Å². The highest BCUT2D eigenvalue weighted by Gasteiger charge is 2.36. The molecule has 194 valence electrons. The maximum absolute atomic E-state index is 13.5. The number of nitrogen functional groups attached to an aromatic ring is 1. The fourth-order valence-electron chi connectivity index (χ4n) is 4.10. The Morgan fingerprint density at radius 1 is 1.03 bits per heavy atom. The summed E-state index contributed by atoms with van der Waals surface area (Å²) >= 11 is 0. The number of hydrogen-bond donors (Lipinski definition) is 1. The van der Waals surface area contributed by atoms with Crippen molar-refractivity contribution in [3.8, 4) is 16.8 Å². The molecule has 0 aliphatic rings. The topological polar surface area (TPSA) is 121 Å². The van der Waals surface area contributed by atoms with Gasteiger partial charge in [-0.05, 0) is 35.4 Å². The number of benzene rings is 3. The van der Waals surface area contributed by atoms with Crippen molar-refractivity contribution >= 4 is 32.4 Å². The highest BCUT2D eigenvalue weighted by atomic mass is 32.2. The van der Waals surface area contributed by atoms with Crippen LogP contribution in [-0.2, 0) is 22.4 Å². The summed E-state index contributed by atoms with van der Waals surface area (Å²) < 4.78 is 70.8. The molecule has 0 spiro atoms. The van der Waals surface area contributed by atoms with Gasteiger partial charge in [0.1, 0.15) is 5.69 Å². The van der Waals surface area contributed by atoms with Crippen LogP contribution >= 0.6 is 0 Å². The van der Waals surface area contributed by atoms with Crippen molar-refractivity contribution in [3.63, 3.8) is 0 Å². The minimum absolute atomic E-state index is 0.0514. The first-order valence-corrected chi connectivity index (χ1v) is 13.0. The number of ketones is 1. The largest absolute Gasteiger partial charge is 0.435 e. The molecule has 0 saturated carbocycles. The van der Waals surface area contributed by atoms with Crippen LogP contribution < -0.4 is 5.73 Å². The second-order valence-electron chi connectivity index (χ2n) is 8.64. The number of hydrogen-bond acceptors (Lipinski definition) is 7. The zero-order chi connectivity index (χ0) is 27.2. The Kier molecular flexibility index (Phi) is 6.06. The summed E-state index contributed by atoms with van der Waals surface area (Å²) in [6, 6.07) is 18.2. The molecule has 8 nitrogen and oxygen atoms in total. The van der Waals surface area contributed by atoms with E-state index in [2.05, 4.69) is 10.3 Å². The average Bonchev–Trinajstić information content (AvgIpc) is 3.48. The van der Waals surface area contributed by atoms with Gasteiger partial charge in [-0.2, -0.15) is 18.3 Å². The Hall–Kier alpha value is -4.45. The predicted octanol–water partition coefficient (Wildman–Crippen LogP) is 5.11. The zero-order valence-electron chi connectivity index (χ0n) is 19.7. The van der Waals surface area contributed by atoms with Gasteiger partial charge in [0.15, 0.2) is 32.7 Å². The van der Waals surface area contributed by atoms with Gasteiger partial charge in [0.05, 0.1) is 16.0 Å². The Balaban J connectivity index is 1.48. The van der Waals surface area contributed by atoms with E-state index in [0.29, 0.717) is 33.7 Å². The molecule has 2 aromatic heterocycles. The van der Waals surface area contributed by atoms with Gasteiger partial charge in [0.2, 0.25) is 0 Å². The van der Waals surface area contributed by atoms with Crippen molar-refractivity contribution in [2.75, 3.05) is 12.0 Å². The number of carbonyl (C=O) groups excluding carboxylic acids is 1. The van der Waals surface area contributed by atoms with Crippen molar-refractivity contribution in [2.45, 2.75) is 17.5 Å². The van der Waals surface area contributed by atoms with E-state index >= 15 is 0 Å². The van der Waals surface area contributed by atoms with Crippen LogP contribution in [0.3, 0.4) is 0 Å². The van der Waals surface area contributed by atoms with E-state index in [9.17, 15) is 26.4 Å². The van der Waals surface area contributed by atoms with Crippen LogP contribution in [0.15, 0.2) is 82.2 Å². The van der Waals surface area contributed by atoms with Crippen LogP contribution in [0.2, 0.25) is 0 Å². The number of alkyl halides is 3. The fraction of sp³-hybridized carbons (Fsp3) is 0.115. The van der Waals surface area contributed by atoms with Gasteiger partial charge in [-0.25, -0.2) is 13.1 Å². The lowest BCUT2D eigenvalue weighted by atomic mass is 10.0. The second kappa shape index (κ2) is 9.14. The Morgan fingerprint density at radius 3 is 2.42 bits per heavy atom. The normalized spacial score (nSPS) is 12.2. The molecule has 5 rings (SSSR count). The molecular formula is C26H19F3N4O4S. The van der Waals surface area contributed by atoms with E-state index in [4.69, 9.17) is 10.3 Å². The standard InChI is InChI=1S/C26H19F3N4O4S/c1-38(35,36)23-5-3-2-4-18(23)16-8-6-15(7-9-16)12-21(34)20-14-24(26(27,28)29)31-33(20)17-10-11-22-19(13-17)25(30)32-37-22/h2-11,13-14H,12H2,1H3,(H2,30,32). The maximum atomic E-state index is 13.5. The van der Waals surface area contributed by atoms with Gasteiger partial charge < -0.3 is 10.3 Å². The number of Topliss-reactive ketones (excluding diaryl/α,β-unsaturated/α-hetero) is 1. The van der Waals surface area contributed by atoms with Gasteiger partial charge in [-0.1, -0.05) is 47.6 Å². The molecule has 2 heterocycles. The van der Waals surface area contributed by atoms with E-state index in [0.717, 1.165) is 10.9 Å². The lowest BCUT2D eigenvalue weighted by molar-refractivity contribution is -0.141. The quantitative estimate of drug-likeness (QED) is 0.297. The molecule has 0 saturated heterocycles. The van der Waals surface area contributed by atoms with Crippen molar-refractivity contribution in [2.24, 2.45) is 0 Å². The first kappa shape index (κ1) is 25.2. The van der Waals surface area contributed by atoms with E-state index < -0.39 is 27.5 Å². The second-order valence-corrected chi connectivity index (χ2v) is 10.6. The van der Waals surface area contributed by atoms with Crippen molar-refractivity contribution < 1.29 is 30.9 Å². The Bertz CT molecular complexity index is 1790. The van der Waals surface area contributed by atoms with E-state index in [1.807, 2.05) is 0 Å². The summed E-state index contributed by atoms with van der Waals surface area (Å²) in [6.07, 6.45) is -3.86. The first-order chi connectivity index (χ1) is 17.9. The molecule has 0 unspecified atom stereocenters. The SMILES string of the molecule is CS(=O)(=O)c1ccccc1-c1ccc(CC(=O)c2cc(C(F)(F)F)nn2-c2ccc3onc(N)c3c2)cc1. The zero-order valence-corrected chi connectivity index (χ0v) is 20.5. The number of aromatic nitrogens is 3. The molecule has 0 fully saturated rings. The van der Waals surface area contributed by atoms with Crippen LogP contribution in [-0.4, -0.2) is 35.4 Å². The highest BCUT2D eigenvalue weighted by Crippen LogP contribution is 2.32. The number of rotatable bonds is 6. The molecule has 0 aliphatic carbocycles. The molecule has 12 heteroatoms. The van der Waals surface area contributed by atoms with Crippen molar-refractivity contribution in [1.29, 1.82) is 0 Å². The van der Waals surface area contributed by atoms with Gasteiger partial charge >= 0.3 is 6.18 Å². The van der Waals surface area contributed by atoms with Crippen LogP contribution in [0, 0.1) is 0 Å². The van der Waals surface area contributed by atoms with Crippen LogP contribution in [0.4, 0.5) is 19.0 Å². The van der Waals surface area contributed by atoms with Crippen molar-refractivity contribution in [3.05, 3.63) is 89.7 Å². The lowest BCUT2D eigenvalue weighted by Gasteiger charge is -2.10. The lowest BCUT2D eigenvalue weighted by Crippen LogP contribution is -2.11. The summed E-state index contributed by atoms with van der Waals surface area (Å²) in [7, 11) is -3.47. The molecule has 0 bridgehead atoms. The molecule has 3 aromatic carbocycles. The molecule has 2 N–H and O–H groups in total. The molecule has 0 radical (unpaired) electrons. The minimum atomic E-state index is -4.77. The summed E-state index contributed by atoms with van der Waals surface area (Å²) in [6.45, 7) is 0. The predicted molar refractivity (Wildman–Crippen MR) is 134 cm³/mol. The maximum Gasteiger partial charge on any atom is 0.435 e. The van der Waals surface area contributed by atoms with Crippen LogP contribution in [0.5, 0.6) is 0 Å². The third-order valence-electron chi connectivity index (χ3n) is 5.93.